The highest BCUT2D eigenvalue weighted by atomic mass is 127. The third-order valence-corrected chi connectivity index (χ3v) is 4.42. The van der Waals surface area contributed by atoms with Crippen LogP contribution in [0.4, 0.5) is 0 Å². The molecule has 0 aliphatic heterocycles. The van der Waals surface area contributed by atoms with Crippen molar-refractivity contribution in [1.29, 1.82) is 0 Å². The van der Waals surface area contributed by atoms with Gasteiger partial charge in [0.1, 0.15) is 0 Å². The molecule has 1 aliphatic rings. The molecule has 0 atom stereocenters. The molecule has 1 fully saturated rings. The summed E-state index contributed by atoms with van der Waals surface area (Å²) in [6.07, 6.45) is 1.06. The molecule has 1 aromatic rings. The maximum atomic E-state index is 11.9. The fourth-order valence-corrected chi connectivity index (χ4v) is 2.46. The molecule has 18 heavy (non-hydrogen) atoms. The second-order valence-corrected chi connectivity index (χ2v) is 5.80. The van der Waals surface area contributed by atoms with Gasteiger partial charge in [0, 0.05) is 15.2 Å². The van der Waals surface area contributed by atoms with Gasteiger partial charge >= 0.3 is 5.97 Å². The van der Waals surface area contributed by atoms with Crippen molar-refractivity contribution in [3.8, 4) is 0 Å². The summed E-state index contributed by atoms with van der Waals surface area (Å²) in [5.41, 5.74) is 1.77. The molecule has 96 valence electrons. The molecule has 0 heterocycles. The van der Waals surface area contributed by atoms with Crippen LogP contribution in [-0.2, 0) is 4.79 Å². The Balaban J connectivity index is 1.93. The van der Waals surface area contributed by atoms with E-state index < -0.39 is 5.97 Å². The number of aliphatic carboxylic acids is 1. The third kappa shape index (κ3) is 2.82. The van der Waals surface area contributed by atoms with Crippen LogP contribution in [-0.4, -0.2) is 23.0 Å². The number of benzene rings is 1. The Kier molecular flexibility index (Phi) is 3.89. The Morgan fingerprint density at radius 1 is 1.39 bits per heavy atom. The van der Waals surface area contributed by atoms with E-state index in [4.69, 9.17) is 5.11 Å². The number of halogens is 1. The summed E-state index contributed by atoms with van der Waals surface area (Å²) in [5.74, 6) is -1.19. The lowest BCUT2D eigenvalue weighted by Gasteiger charge is -2.32. The second-order valence-electron chi connectivity index (χ2n) is 4.64. The standard InChI is InChI=1S/C13H14INO3/c1-7-2-3-8(6-11(7)14)12(16)15-10-4-9(5-10)13(17)18/h2-3,6,9-10H,4-5H2,1H3,(H,15,16)(H,17,18). The number of carboxylic acid groups (broad SMARTS) is 1. The molecule has 1 amide bonds. The highest BCUT2D eigenvalue weighted by molar-refractivity contribution is 14.1. The van der Waals surface area contributed by atoms with Gasteiger partial charge in [-0.2, -0.15) is 0 Å². The molecule has 0 radical (unpaired) electrons. The highest BCUT2D eigenvalue weighted by Crippen LogP contribution is 2.27. The van der Waals surface area contributed by atoms with Crippen molar-refractivity contribution in [1.82, 2.24) is 5.32 Å². The molecular weight excluding hydrogens is 345 g/mol. The van der Waals surface area contributed by atoms with E-state index in [0.29, 0.717) is 18.4 Å². The average molecular weight is 359 g/mol. The van der Waals surface area contributed by atoms with Gasteiger partial charge in [-0.25, -0.2) is 0 Å². The number of amides is 1. The SMILES string of the molecule is Cc1ccc(C(=O)NC2CC(C(=O)O)C2)cc1I. The summed E-state index contributed by atoms with van der Waals surface area (Å²) in [7, 11) is 0. The van der Waals surface area contributed by atoms with Crippen molar-refractivity contribution in [3.05, 3.63) is 32.9 Å². The van der Waals surface area contributed by atoms with E-state index in [1.807, 2.05) is 19.1 Å². The van der Waals surface area contributed by atoms with Gasteiger partial charge in [0.25, 0.3) is 5.91 Å². The first-order valence-electron chi connectivity index (χ1n) is 5.77. The molecule has 1 aromatic carbocycles. The fraction of sp³-hybridized carbons (Fsp3) is 0.385. The first kappa shape index (κ1) is 13.3. The highest BCUT2D eigenvalue weighted by Gasteiger charge is 2.35. The molecule has 4 nitrogen and oxygen atoms in total. The van der Waals surface area contributed by atoms with E-state index in [0.717, 1.165) is 9.13 Å². The fourth-order valence-electron chi connectivity index (χ4n) is 1.94. The molecule has 5 heteroatoms. The van der Waals surface area contributed by atoms with Gasteiger partial charge in [-0.3, -0.25) is 9.59 Å². The van der Waals surface area contributed by atoms with Gasteiger partial charge in [-0.05, 0) is 60.1 Å². The summed E-state index contributed by atoms with van der Waals surface area (Å²) in [6.45, 7) is 1.99. The quantitative estimate of drug-likeness (QED) is 0.814. The van der Waals surface area contributed by atoms with Crippen LogP contribution in [0.5, 0.6) is 0 Å². The van der Waals surface area contributed by atoms with Crippen LogP contribution in [0.1, 0.15) is 28.8 Å². The molecule has 2 rings (SSSR count). The lowest BCUT2D eigenvalue weighted by atomic mass is 9.80. The van der Waals surface area contributed by atoms with E-state index >= 15 is 0 Å². The van der Waals surface area contributed by atoms with E-state index in [9.17, 15) is 9.59 Å². The van der Waals surface area contributed by atoms with Crippen LogP contribution in [0.15, 0.2) is 18.2 Å². The zero-order valence-corrected chi connectivity index (χ0v) is 12.1. The summed E-state index contributed by atoms with van der Waals surface area (Å²) < 4.78 is 1.05. The number of carboxylic acids is 1. The molecule has 0 saturated heterocycles. The molecule has 0 aromatic heterocycles. The summed E-state index contributed by atoms with van der Waals surface area (Å²) in [6, 6.07) is 5.55. The van der Waals surface area contributed by atoms with Crippen LogP contribution in [0.25, 0.3) is 0 Å². The zero-order valence-electron chi connectivity index (χ0n) is 9.94. The van der Waals surface area contributed by atoms with Crippen LogP contribution in [0.3, 0.4) is 0 Å². The molecule has 0 unspecified atom stereocenters. The van der Waals surface area contributed by atoms with Crippen LogP contribution in [0, 0.1) is 16.4 Å². The van der Waals surface area contributed by atoms with Crippen LogP contribution >= 0.6 is 22.6 Å². The van der Waals surface area contributed by atoms with Crippen LogP contribution < -0.4 is 5.32 Å². The van der Waals surface area contributed by atoms with Crippen molar-refractivity contribution >= 4 is 34.5 Å². The molecule has 1 aliphatic carbocycles. The normalized spacial score (nSPS) is 22.1. The number of hydrogen-bond donors (Lipinski definition) is 2. The Hall–Kier alpha value is -1.11. The Morgan fingerprint density at radius 3 is 2.61 bits per heavy atom. The van der Waals surface area contributed by atoms with Crippen molar-refractivity contribution < 1.29 is 14.7 Å². The molecule has 0 bridgehead atoms. The first-order valence-corrected chi connectivity index (χ1v) is 6.85. The minimum atomic E-state index is -0.773. The van der Waals surface area contributed by atoms with E-state index in [2.05, 4.69) is 27.9 Å². The number of carbonyl (C=O) groups is 2. The largest absolute Gasteiger partial charge is 0.481 e. The van der Waals surface area contributed by atoms with E-state index in [1.165, 1.54) is 0 Å². The smallest absolute Gasteiger partial charge is 0.306 e. The summed E-state index contributed by atoms with van der Waals surface area (Å²) in [5, 5.41) is 11.6. The Bertz CT molecular complexity index is 495. The van der Waals surface area contributed by atoms with Gasteiger partial charge in [-0.15, -0.1) is 0 Å². The maximum Gasteiger partial charge on any atom is 0.306 e. The molecule has 1 saturated carbocycles. The van der Waals surface area contributed by atoms with E-state index in [-0.39, 0.29) is 17.9 Å². The topological polar surface area (TPSA) is 66.4 Å². The number of hydrogen-bond acceptors (Lipinski definition) is 2. The predicted molar refractivity (Wildman–Crippen MR) is 75.5 cm³/mol. The minimum Gasteiger partial charge on any atom is -0.481 e. The predicted octanol–water partition coefficient (Wildman–Crippen LogP) is 2.19. The first-order chi connectivity index (χ1) is 8.47. The Morgan fingerprint density at radius 2 is 2.06 bits per heavy atom. The second kappa shape index (κ2) is 5.26. The Labute approximate surface area is 119 Å². The zero-order chi connectivity index (χ0) is 13.3. The average Bonchev–Trinajstić information content (AvgIpc) is 2.25. The number of nitrogens with one attached hydrogen (secondary N) is 1. The monoisotopic (exact) mass is 359 g/mol. The third-order valence-electron chi connectivity index (χ3n) is 3.26. The van der Waals surface area contributed by atoms with Crippen molar-refractivity contribution in [3.63, 3.8) is 0 Å². The van der Waals surface area contributed by atoms with Crippen molar-refractivity contribution in [2.75, 3.05) is 0 Å². The van der Waals surface area contributed by atoms with Crippen molar-refractivity contribution in [2.24, 2.45) is 5.92 Å². The number of aryl methyl sites for hydroxylation is 1. The van der Waals surface area contributed by atoms with E-state index in [1.54, 1.807) is 6.07 Å². The van der Waals surface area contributed by atoms with Gasteiger partial charge in [-0.1, -0.05) is 6.07 Å². The summed E-state index contributed by atoms with van der Waals surface area (Å²) in [4.78, 5) is 22.6. The van der Waals surface area contributed by atoms with Gasteiger partial charge in [0.05, 0.1) is 5.92 Å². The minimum absolute atomic E-state index is 0.00226. The molecule has 0 spiro atoms. The van der Waals surface area contributed by atoms with Gasteiger partial charge in [0.15, 0.2) is 0 Å². The lowest BCUT2D eigenvalue weighted by molar-refractivity contribution is -0.145. The summed E-state index contributed by atoms with van der Waals surface area (Å²) >= 11 is 2.19. The van der Waals surface area contributed by atoms with Crippen LogP contribution in [0.2, 0.25) is 0 Å². The van der Waals surface area contributed by atoms with Gasteiger partial charge < -0.3 is 10.4 Å². The molecule has 2 N–H and O–H groups in total. The van der Waals surface area contributed by atoms with Crippen molar-refractivity contribution in [2.45, 2.75) is 25.8 Å². The number of rotatable bonds is 3. The van der Waals surface area contributed by atoms with Gasteiger partial charge in [0.2, 0.25) is 0 Å². The lowest BCUT2D eigenvalue weighted by Crippen LogP contribution is -2.46. The maximum absolute atomic E-state index is 11.9. The molecular formula is C13H14INO3. The number of carbonyl (C=O) groups excluding carboxylic acids is 1.